The van der Waals surface area contributed by atoms with Gasteiger partial charge in [0.2, 0.25) is 10.0 Å². The highest BCUT2D eigenvalue weighted by Crippen LogP contribution is 2.24. The van der Waals surface area contributed by atoms with Crippen LogP contribution in [-0.4, -0.2) is 36.6 Å². The number of hydrogen-bond donors (Lipinski definition) is 1. The first kappa shape index (κ1) is 15.9. The minimum absolute atomic E-state index is 0.405. The first-order valence-electron chi connectivity index (χ1n) is 5.67. The third kappa shape index (κ3) is 4.49. The predicted molar refractivity (Wildman–Crippen MR) is 73.7 cm³/mol. The summed E-state index contributed by atoms with van der Waals surface area (Å²) in [5.74, 6) is -1.55. The van der Waals surface area contributed by atoms with Crippen molar-refractivity contribution in [1.29, 1.82) is 0 Å². The van der Waals surface area contributed by atoms with E-state index in [0.717, 1.165) is 5.56 Å². The maximum Gasteiger partial charge on any atom is 0.304 e. The average molecular weight is 306 g/mol. The zero-order valence-corrected chi connectivity index (χ0v) is 12.3. The van der Waals surface area contributed by atoms with Crippen LogP contribution in [0.2, 0.25) is 5.02 Å². The van der Waals surface area contributed by atoms with E-state index in [9.17, 15) is 13.2 Å². The number of carbonyl (C=O) groups is 1. The molecule has 0 aliphatic carbocycles. The van der Waals surface area contributed by atoms with Crippen molar-refractivity contribution in [2.75, 3.05) is 12.8 Å². The third-order valence-corrected chi connectivity index (χ3v) is 5.04. The van der Waals surface area contributed by atoms with Crippen molar-refractivity contribution in [1.82, 2.24) is 4.31 Å². The van der Waals surface area contributed by atoms with Crippen molar-refractivity contribution in [3.63, 3.8) is 0 Å². The number of carboxylic acids is 1. The van der Waals surface area contributed by atoms with Gasteiger partial charge in [0.1, 0.15) is 0 Å². The summed E-state index contributed by atoms with van der Waals surface area (Å²) in [5, 5.41) is 9.08. The van der Waals surface area contributed by atoms with Crippen LogP contribution in [0.1, 0.15) is 24.9 Å². The smallest absolute Gasteiger partial charge is 0.304 e. The molecule has 19 heavy (non-hydrogen) atoms. The normalized spacial score (nSPS) is 13.5. The molecule has 0 bridgehead atoms. The summed E-state index contributed by atoms with van der Waals surface area (Å²) in [4.78, 5) is 10.5. The molecule has 0 saturated heterocycles. The van der Waals surface area contributed by atoms with Crippen LogP contribution < -0.4 is 0 Å². The van der Waals surface area contributed by atoms with Crippen molar-refractivity contribution in [3.05, 3.63) is 34.9 Å². The second-order valence-electron chi connectivity index (χ2n) is 4.21. The molecule has 0 aliphatic rings. The quantitative estimate of drug-likeness (QED) is 0.873. The van der Waals surface area contributed by atoms with E-state index in [2.05, 4.69) is 0 Å². The summed E-state index contributed by atoms with van der Waals surface area (Å²) in [6.45, 7) is 1.73. The molecule has 1 aromatic rings. The summed E-state index contributed by atoms with van der Waals surface area (Å²) >= 11 is 5.86. The van der Waals surface area contributed by atoms with Gasteiger partial charge in [-0.3, -0.25) is 4.79 Å². The van der Waals surface area contributed by atoms with E-state index in [4.69, 9.17) is 16.7 Å². The Morgan fingerprint density at radius 2 is 2.11 bits per heavy atom. The third-order valence-electron chi connectivity index (χ3n) is 2.89. The standard InChI is InChI=1S/C12H16ClNO4S/c1-9(10-4-3-5-11(13)8-10)14(2)19(17,18)7-6-12(15)16/h3-5,8-9H,6-7H2,1-2H3,(H,15,16). The second kappa shape index (κ2) is 6.36. The van der Waals surface area contributed by atoms with Crippen molar-refractivity contribution in [2.45, 2.75) is 19.4 Å². The van der Waals surface area contributed by atoms with Gasteiger partial charge >= 0.3 is 5.97 Å². The molecule has 1 rings (SSSR count). The molecule has 7 heteroatoms. The van der Waals surface area contributed by atoms with Gasteiger partial charge in [0, 0.05) is 18.1 Å². The Morgan fingerprint density at radius 3 is 2.63 bits per heavy atom. The maximum atomic E-state index is 12.0. The molecule has 0 heterocycles. The lowest BCUT2D eigenvalue weighted by Gasteiger charge is -2.24. The van der Waals surface area contributed by atoms with Crippen LogP contribution in [0, 0.1) is 0 Å². The van der Waals surface area contributed by atoms with Gasteiger partial charge in [0.05, 0.1) is 12.2 Å². The first-order chi connectivity index (χ1) is 8.74. The van der Waals surface area contributed by atoms with Gasteiger partial charge in [-0.2, -0.15) is 4.31 Å². The SMILES string of the molecule is CC(c1cccc(Cl)c1)N(C)S(=O)(=O)CCC(=O)O. The van der Waals surface area contributed by atoms with Gasteiger partial charge in [0.25, 0.3) is 0 Å². The Labute approximate surface area is 117 Å². The molecule has 0 aliphatic heterocycles. The Kier molecular flexibility index (Phi) is 5.34. The summed E-state index contributed by atoms with van der Waals surface area (Å²) in [5.41, 5.74) is 0.758. The number of nitrogens with zero attached hydrogens (tertiary/aromatic N) is 1. The Bertz CT molecular complexity index is 559. The van der Waals surface area contributed by atoms with E-state index in [1.165, 1.54) is 11.4 Å². The highest BCUT2D eigenvalue weighted by molar-refractivity contribution is 7.89. The number of rotatable bonds is 6. The lowest BCUT2D eigenvalue weighted by atomic mass is 10.1. The van der Waals surface area contributed by atoms with Crippen LogP contribution in [0.4, 0.5) is 0 Å². The maximum absolute atomic E-state index is 12.0. The Morgan fingerprint density at radius 1 is 1.47 bits per heavy atom. The summed E-state index contributed by atoms with van der Waals surface area (Å²) in [6, 6.07) is 6.51. The van der Waals surface area contributed by atoms with Gasteiger partial charge in [-0.15, -0.1) is 0 Å². The highest BCUT2D eigenvalue weighted by atomic mass is 35.5. The van der Waals surface area contributed by atoms with E-state index >= 15 is 0 Å². The number of benzene rings is 1. The number of carboxylic acid groups (broad SMARTS) is 1. The zero-order chi connectivity index (χ0) is 14.6. The molecule has 1 N–H and O–H groups in total. The minimum atomic E-state index is -3.61. The van der Waals surface area contributed by atoms with E-state index in [0.29, 0.717) is 5.02 Å². The fourth-order valence-electron chi connectivity index (χ4n) is 1.58. The molecule has 0 saturated carbocycles. The number of hydrogen-bond acceptors (Lipinski definition) is 3. The van der Waals surface area contributed by atoms with E-state index in [-0.39, 0.29) is 0 Å². The molecule has 1 aromatic carbocycles. The number of aliphatic carboxylic acids is 1. The fraction of sp³-hybridized carbons (Fsp3) is 0.417. The van der Waals surface area contributed by atoms with Crippen molar-refractivity contribution in [3.8, 4) is 0 Å². The van der Waals surface area contributed by atoms with E-state index in [1.807, 2.05) is 0 Å². The van der Waals surface area contributed by atoms with E-state index < -0.39 is 34.2 Å². The van der Waals surface area contributed by atoms with Crippen molar-refractivity contribution >= 4 is 27.6 Å². The fourth-order valence-corrected chi connectivity index (χ4v) is 3.10. The van der Waals surface area contributed by atoms with Gasteiger partial charge in [-0.1, -0.05) is 23.7 Å². The molecule has 0 amide bonds. The number of halogens is 1. The minimum Gasteiger partial charge on any atom is -0.481 e. The summed E-state index contributed by atoms with van der Waals surface area (Å²) in [7, 11) is -2.17. The summed E-state index contributed by atoms with van der Waals surface area (Å²) in [6.07, 6.45) is -0.408. The molecule has 5 nitrogen and oxygen atoms in total. The van der Waals surface area contributed by atoms with Crippen molar-refractivity contribution < 1.29 is 18.3 Å². The highest BCUT2D eigenvalue weighted by Gasteiger charge is 2.25. The second-order valence-corrected chi connectivity index (χ2v) is 6.79. The van der Waals surface area contributed by atoms with Gasteiger partial charge in [0.15, 0.2) is 0 Å². The molecular weight excluding hydrogens is 290 g/mol. The number of sulfonamides is 1. The van der Waals surface area contributed by atoms with Gasteiger partial charge < -0.3 is 5.11 Å². The van der Waals surface area contributed by atoms with Gasteiger partial charge in [-0.05, 0) is 24.6 Å². The first-order valence-corrected chi connectivity index (χ1v) is 7.65. The van der Waals surface area contributed by atoms with Crippen LogP contribution in [0.3, 0.4) is 0 Å². The van der Waals surface area contributed by atoms with Crippen LogP contribution >= 0.6 is 11.6 Å². The molecule has 0 radical (unpaired) electrons. The molecular formula is C12H16ClNO4S. The molecule has 1 unspecified atom stereocenters. The van der Waals surface area contributed by atoms with Crippen LogP contribution in [0.15, 0.2) is 24.3 Å². The molecule has 106 valence electrons. The topological polar surface area (TPSA) is 74.7 Å². The monoisotopic (exact) mass is 305 g/mol. The van der Waals surface area contributed by atoms with Crippen LogP contribution in [0.5, 0.6) is 0 Å². The zero-order valence-electron chi connectivity index (χ0n) is 10.7. The lowest BCUT2D eigenvalue weighted by Crippen LogP contribution is -2.32. The van der Waals surface area contributed by atoms with Gasteiger partial charge in [-0.25, -0.2) is 8.42 Å². The Balaban J connectivity index is 2.87. The van der Waals surface area contributed by atoms with Crippen LogP contribution in [-0.2, 0) is 14.8 Å². The molecule has 0 spiro atoms. The average Bonchev–Trinajstić information content (AvgIpc) is 2.34. The van der Waals surface area contributed by atoms with Crippen LogP contribution in [0.25, 0.3) is 0 Å². The largest absolute Gasteiger partial charge is 0.481 e. The summed E-state index contributed by atoms with van der Waals surface area (Å²) < 4.78 is 25.1. The Hall–Kier alpha value is -1.11. The molecule has 0 fully saturated rings. The lowest BCUT2D eigenvalue weighted by molar-refractivity contribution is -0.136. The van der Waals surface area contributed by atoms with Crippen molar-refractivity contribution in [2.24, 2.45) is 0 Å². The van der Waals surface area contributed by atoms with E-state index in [1.54, 1.807) is 31.2 Å². The molecule has 0 aromatic heterocycles. The predicted octanol–water partition coefficient (Wildman–Crippen LogP) is 2.14. The molecule has 1 atom stereocenters.